The number of carboxylic acid groups (broad SMARTS) is 1. The molecule has 338 valence electrons. The van der Waals surface area contributed by atoms with Crippen LogP contribution in [0.4, 0.5) is 22.7 Å². The zero-order valence-electron chi connectivity index (χ0n) is 33.5. The van der Waals surface area contributed by atoms with E-state index in [1.165, 1.54) is 84.9 Å². The predicted molar refractivity (Wildman–Crippen MR) is 256 cm³/mol. The average molecular weight is 1040 g/mol. The number of rotatable bonds is 13. The Kier molecular flexibility index (Phi) is 14.7. The van der Waals surface area contributed by atoms with E-state index in [4.69, 9.17) is 46.4 Å². The van der Waals surface area contributed by atoms with Crippen LogP contribution in [0, 0.1) is 13.8 Å². The second-order valence-electron chi connectivity index (χ2n) is 14.0. The Morgan fingerprint density at radius 2 is 0.800 bits per heavy atom. The highest BCUT2D eigenvalue weighted by molar-refractivity contribution is 7.94. The number of aromatic carboxylic acids is 1. The van der Waals surface area contributed by atoms with Gasteiger partial charge in [-0.05, 0) is 116 Å². The predicted octanol–water partition coefficient (Wildman–Crippen LogP) is 10.7. The normalized spacial score (nSPS) is 11.8. The molecule has 0 bridgehead atoms. The van der Waals surface area contributed by atoms with Gasteiger partial charge in [0.15, 0.2) is 0 Å². The van der Waals surface area contributed by atoms with Crippen molar-refractivity contribution in [3.05, 3.63) is 176 Å². The van der Waals surface area contributed by atoms with Crippen molar-refractivity contribution in [1.82, 2.24) is 0 Å². The number of halogens is 4. The van der Waals surface area contributed by atoms with Crippen LogP contribution in [0.3, 0.4) is 0 Å². The quantitative estimate of drug-likeness (QED) is 0.0735. The van der Waals surface area contributed by atoms with Gasteiger partial charge in [-0.3, -0.25) is 18.9 Å². The van der Waals surface area contributed by atoms with Crippen LogP contribution >= 0.6 is 46.4 Å². The van der Waals surface area contributed by atoms with Gasteiger partial charge >= 0.3 is 5.97 Å². The number of aryl methyl sites for hydroxylation is 2. The van der Waals surface area contributed by atoms with Crippen LogP contribution in [0.25, 0.3) is 10.8 Å². The highest BCUT2D eigenvalue weighted by Gasteiger charge is 2.25. The maximum Gasteiger partial charge on any atom is 0.335 e. The van der Waals surface area contributed by atoms with E-state index in [2.05, 4.69) is 18.9 Å². The largest absolute Gasteiger partial charge is 0.478 e. The third-order valence-corrected chi connectivity index (χ3v) is 16.1. The number of hydrogen-bond donors (Lipinski definition) is 5. The molecule has 7 aromatic carbocycles. The minimum absolute atomic E-state index is 0.0154. The molecule has 0 amide bonds. The molecule has 0 heterocycles. The van der Waals surface area contributed by atoms with Crippen molar-refractivity contribution in [2.24, 2.45) is 0 Å². The summed E-state index contributed by atoms with van der Waals surface area (Å²) in [5.41, 5.74) is 1.17. The Hall–Kier alpha value is -5.57. The summed E-state index contributed by atoms with van der Waals surface area (Å²) in [7, 11) is -16.6. The number of benzene rings is 7. The maximum absolute atomic E-state index is 13.1. The summed E-state index contributed by atoms with van der Waals surface area (Å²) in [4.78, 5) is 10.8. The number of hydrogen-bond acceptors (Lipinski definition) is 9. The lowest BCUT2D eigenvalue weighted by Crippen LogP contribution is -2.18. The Morgan fingerprint density at radius 3 is 1.18 bits per heavy atom. The molecule has 0 aliphatic rings. The Bertz CT molecular complexity index is 3310. The van der Waals surface area contributed by atoms with Gasteiger partial charge in [-0.25, -0.2) is 38.5 Å². The van der Waals surface area contributed by atoms with Crippen molar-refractivity contribution in [3.63, 3.8) is 0 Å². The molecular weight excluding hydrogens is 1000 g/mol. The molecule has 5 N–H and O–H groups in total. The van der Waals surface area contributed by atoms with Crippen molar-refractivity contribution < 1.29 is 43.6 Å². The third-order valence-electron chi connectivity index (χ3n) is 9.16. The van der Waals surface area contributed by atoms with Crippen LogP contribution in [0.2, 0.25) is 20.1 Å². The second kappa shape index (κ2) is 19.5. The first-order chi connectivity index (χ1) is 30.4. The van der Waals surface area contributed by atoms with Crippen LogP contribution in [0.5, 0.6) is 0 Å². The van der Waals surface area contributed by atoms with E-state index in [0.29, 0.717) is 10.8 Å². The standard InChI is InChI=1S/C22H14Cl4N2O4S2.C21H20N2O6S2/c23-15-5-7-21(17(25)11-15)33(29,30)27-19-9-13-3-1-2-4-14(13)10-20(19)28-34(31,32)22-8-6-16(24)12-18(22)26;1-14-3-8-17(9-4-14)30(26,27)22-19-12-7-16(21(24)25)13-20(19)23-31(28,29)18-10-5-15(2)6-11-18/h1-12,27-28H;3-13,22-23H,1-2H3,(H,24,25). The monoisotopic (exact) mass is 1030 g/mol. The summed E-state index contributed by atoms with van der Waals surface area (Å²) in [5, 5.41) is 11.0. The fraction of sp³-hybridized carbons (Fsp3) is 0.0465. The summed E-state index contributed by atoms with van der Waals surface area (Å²) in [6, 6.07) is 33.5. The number of fused-ring (bicyclic) bond motifs is 1. The summed E-state index contributed by atoms with van der Waals surface area (Å²) in [5.74, 6) is -1.29. The molecule has 14 nitrogen and oxygen atoms in total. The lowest BCUT2D eigenvalue weighted by molar-refractivity contribution is 0.0697. The summed E-state index contributed by atoms with van der Waals surface area (Å²) in [6.07, 6.45) is 0. The van der Waals surface area contributed by atoms with E-state index in [9.17, 15) is 43.6 Å². The van der Waals surface area contributed by atoms with Crippen LogP contribution in [0.1, 0.15) is 21.5 Å². The van der Waals surface area contributed by atoms with Gasteiger partial charge in [-0.15, -0.1) is 0 Å². The van der Waals surface area contributed by atoms with Gasteiger partial charge in [0.2, 0.25) is 0 Å². The minimum atomic E-state index is -4.20. The fourth-order valence-electron chi connectivity index (χ4n) is 5.89. The first-order valence-electron chi connectivity index (χ1n) is 18.5. The van der Waals surface area contributed by atoms with Gasteiger partial charge < -0.3 is 5.11 Å². The molecule has 0 aromatic heterocycles. The first-order valence-corrected chi connectivity index (χ1v) is 25.9. The Morgan fingerprint density at radius 1 is 0.431 bits per heavy atom. The molecule has 0 aliphatic carbocycles. The zero-order chi connectivity index (χ0) is 47.5. The first kappa shape index (κ1) is 48.9. The van der Waals surface area contributed by atoms with Crippen LogP contribution in [-0.2, 0) is 40.1 Å². The maximum atomic E-state index is 13.1. The molecule has 0 spiro atoms. The van der Waals surface area contributed by atoms with Gasteiger partial charge in [0, 0.05) is 10.0 Å². The summed E-state index contributed by atoms with van der Waals surface area (Å²) < 4.78 is 113. The van der Waals surface area contributed by atoms with E-state index in [1.54, 1.807) is 55.5 Å². The Labute approximate surface area is 395 Å². The highest BCUT2D eigenvalue weighted by atomic mass is 35.5. The number of carbonyl (C=O) groups is 1. The molecule has 0 saturated heterocycles. The number of carboxylic acids is 1. The van der Waals surface area contributed by atoms with Crippen molar-refractivity contribution in [3.8, 4) is 0 Å². The Balaban J connectivity index is 0.000000216. The molecule has 0 fully saturated rings. The van der Waals surface area contributed by atoms with Gasteiger partial charge in [0.05, 0.1) is 48.1 Å². The summed E-state index contributed by atoms with van der Waals surface area (Å²) >= 11 is 23.9. The smallest absolute Gasteiger partial charge is 0.335 e. The molecular formula is C43H34Cl4N4O10S4. The van der Waals surface area contributed by atoms with E-state index in [1.807, 2.05) is 6.92 Å². The summed E-state index contributed by atoms with van der Waals surface area (Å²) in [6.45, 7) is 3.62. The number of anilines is 4. The lowest BCUT2D eigenvalue weighted by Gasteiger charge is -2.17. The lowest BCUT2D eigenvalue weighted by atomic mass is 10.1. The molecule has 0 atom stereocenters. The SMILES string of the molecule is Cc1ccc(S(=O)(=O)Nc2ccc(C(=O)O)cc2NS(=O)(=O)c2ccc(C)cc2)cc1.O=S(=O)(Nc1cc2ccccc2cc1NS(=O)(=O)c1ccc(Cl)cc1Cl)c1ccc(Cl)cc1Cl. The highest BCUT2D eigenvalue weighted by Crippen LogP contribution is 2.35. The van der Waals surface area contributed by atoms with Gasteiger partial charge in [0.25, 0.3) is 40.1 Å². The van der Waals surface area contributed by atoms with Crippen LogP contribution in [0.15, 0.2) is 159 Å². The van der Waals surface area contributed by atoms with Crippen molar-refractivity contribution in [1.29, 1.82) is 0 Å². The van der Waals surface area contributed by atoms with Crippen molar-refractivity contribution >= 4 is 126 Å². The van der Waals surface area contributed by atoms with Gasteiger partial charge in [0.1, 0.15) is 9.79 Å². The van der Waals surface area contributed by atoms with E-state index in [0.717, 1.165) is 17.2 Å². The van der Waals surface area contributed by atoms with E-state index < -0.39 is 46.1 Å². The van der Waals surface area contributed by atoms with Crippen LogP contribution < -0.4 is 18.9 Å². The molecule has 7 aromatic rings. The third kappa shape index (κ3) is 12.0. The fourth-order valence-corrected chi connectivity index (χ4v) is 11.7. The number of sulfonamides is 4. The molecule has 0 radical (unpaired) electrons. The molecule has 0 unspecified atom stereocenters. The van der Waals surface area contributed by atoms with E-state index in [-0.39, 0.29) is 68.0 Å². The number of nitrogens with one attached hydrogen (secondary N) is 4. The van der Waals surface area contributed by atoms with Crippen LogP contribution in [-0.4, -0.2) is 44.7 Å². The molecule has 22 heteroatoms. The van der Waals surface area contributed by atoms with E-state index >= 15 is 0 Å². The molecule has 7 rings (SSSR count). The zero-order valence-corrected chi connectivity index (χ0v) is 39.8. The average Bonchev–Trinajstić information content (AvgIpc) is 3.21. The molecule has 65 heavy (non-hydrogen) atoms. The molecule has 0 saturated carbocycles. The topological polar surface area (TPSA) is 222 Å². The minimum Gasteiger partial charge on any atom is -0.478 e. The van der Waals surface area contributed by atoms with Crippen molar-refractivity contribution in [2.45, 2.75) is 33.4 Å². The van der Waals surface area contributed by atoms with Gasteiger partial charge in [-0.1, -0.05) is 106 Å². The molecule has 0 aliphatic heterocycles. The second-order valence-corrected chi connectivity index (χ2v) is 22.4. The van der Waals surface area contributed by atoms with Gasteiger partial charge in [-0.2, -0.15) is 0 Å². The van der Waals surface area contributed by atoms with Crippen molar-refractivity contribution in [2.75, 3.05) is 18.9 Å².